The highest BCUT2D eigenvalue weighted by molar-refractivity contribution is 9.11. The largest absolute Gasteiger partial charge is 0.506 e. The number of halogens is 3. The maximum Gasteiger partial charge on any atom is 0.251 e. The van der Waals surface area contributed by atoms with E-state index in [-0.39, 0.29) is 11.3 Å². The number of amides is 1. The number of phenolic OH excluding ortho intramolecular Hbond substituents is 1. The zero-order valence-electron chi connectivity index (χ0n) is 10.6. The number of nitrogens with two attached hydrogens (primary N) is 1. The zero-order valence-corrected chi connectivity index (χ0v) is 13.8. The SMILES string of the molecule is N=Cc1cc(Br)cc(Br)c1O.NC(=O)c1ccccc1F. The number of hydrogen-bond acceptors (Lipinski definition) is 3. The molecule has 0 aliphatic heterocycles. The van der Waals surface area contributed by atoms with Crippen LogP contribution in [0.2, 0.25) is 0 Å². The van der Waals surface area contributed by atoms with Gasteiger partial charge in [0.25, 0.3) is 5.91 Å². The van der Waals surface area contributed by atoms with Crippen molar-refractivity contribution in [2.45, 2.75) is 0 Å². The summed E-state index contributed by atoms with van der Waals surface area (Å²) in [5, 5.41) is 16.3. The van der Waals surface area contributed by atoms with Crippen LogP contribution in [0, 0.1) is 11.2 Å². The summed E-state index contributed by atoms with van der Waals surface area (Å²) < 4.78 is 14.0. The first-order chi connectivity index (χ1) is 9.86. The molecule has 21 heavy (non-hydrogen) atoms. The second-order valence-corrected chi connectivity index (χ2v) is 5.58. The van der Waals surface area contributed by atoms with Crippen LogP contribution in [-0.2, 0) is 0 Å². The molecule has 2 aromatic carbocycles. The van der Waals surface area contributed by atoms with Crippen LogP contribution >= 0.6 is 31.9 Å². The van der Waals surface area contributed by atoms with Gasteiger partial charge in [-0.3, -0.25) is 4.79 Å². The average molecular weight is 418 g/mol. The molecule has 0 atom stereocenters. The molecule has 110 valence electrons. The summed E-state index contributed by atoms with van der Waals surface area (Å²) in [5.74, 6) is -1.21. The molecule has 4 nitrogen and oxygen atoms in total. The van der Waals surface area contributed by atoms with Gasteiger partial charge in [0.1, 0.15) is 11.6 Å². The predicted octanol–water partition coefficient (Wildman–Crippen LogP) is 3.84. The molecule has 0 bridgehead atoms. The Kier molecular flexibility index (Phi) is 6.51. The molecular weight excluding hydrogens is 407 g/mol. The van der Waals surface area contributed by atoms with Crippen molar-refractivity contribution in [3.05, 3.63) is 62.3 Å². The maximum absolute atomic E-state index is 12.5. The molecule has 0 heterocycles. The molecule has 0 unspecified atom stereocenters. The van der Waals surface area contributed by atoms with Crippen molar-refractivity contribution in [2.24, 2.45) is 5.73 Å². The second kappa shape index (κ2) is 7.90. The van der Waals surface area contributed by atoms with E-state index in [4.69, 9.17) is 11.1 Å². The van der Waals surface area contributed by atoms with Gasteiger partial charge in [-0.15, -0.1) is 0 Å². The van der Waals surface area contributed by atoms with Crippen LogP contribution in [-0.4, -0.2) is 17.2 Å². The van der Waals surface area contributed by atoms with Gasteiger partial charge in [0.15, 0.2) is 0 Å². The smallest absolute Gasteiger partial charge is 0.251 e. The van der Waals surface area contributed by atoms with Gasteiger partial charge in [-0.05, 0) is 40.2 Å². The Hall–Kier alpha value is -1.73. The highest BCUT2D eigenvalue weighted by Crippen LogP contribution is 2.30. The van der Waals surface area contributed by atoms with E-state index in [9.17, 15) is 14.3 Å². The number of aromatic hydroxyl groups is 1. The van der Waals surface area contributed by atoms with E-state index in [1.165, 1.54) is 18.2 Å². The quantitative estimate of drug-likeness (QED) is 0.648. The van der Waals surface area contributed by atoms with Crippen LogP contribution in [0.25, 0.3) is 0 Å². The Morgan fingerprint density at radius 3 is 2.38 bits per heavy atom. The Morgan fingerprint density at radius 2 is 1.90 bits per heavy atom. The van der Waals surface area contributed by atoms with Gasteiger partial charge >= 0.3 is 0 Å². The highest BCUT2D eigenvalue weighted by Gasteiger charge is 2.04. The van der Waals surface area contributed by atoms with E-state index in [0.29, 0.717) is 10.0 Å². The molecule has 7 heteroatoms. The third-order valence-corrected chi connectivity index (χ3v) is 3.41. The van der Waals surface area contributed by atoms with Crippen molar-refractivity contribution in [3.63, 3.8) is 0 Å². The van der Waals surface area contributed by atoms with Crippen LogP contribution < -0.4 is 5.73 Å². The second-order valence-electron chi connectivity index (χ2n) is 3.81. The molecule has 0 saturated carbocycles. The third-order valence-electron chi connectivity index (χ3n) is 2.35. The molecule has 2 aromatic rings. The molecule has 4 N–H and O–H groups in total. The summed E-state index contributed by atoms with van der Waals surface area (Å²) >= 11 is 6.40. The lowest BCUT2D eigenvalue weighted by molar-refractivity contribution is 0.0996. The van der Waals surface area contributed by atoms with Crippen molar-refractivity contribution >= 4 is 44.0 Å². The van der Waals surface area contributed by atoms with Gasteiger partial charge in [-0.2, -0.15) is 0 Å². The molecule has 0 saturated heterocycles. The Balaban J connectivity index is 0.000000211. The Morgan fingerprint density at radius 1 is 1.29 bits per heavy atom. The van der Waals surface area contributed by atoms with E-state index in [1.54, 1.807) is 18.2 Å². The van der Waals surface area contributed by atoms with Crippen molar-refractivity contribution < 1.29 is 14.3 Å². The predicted molar refractivity (Wildman–Crippen MR) is 86.3 cm³/mol. The molecule has 2 rings (SSSR count). The van der Waals surface area contributed by atoms with E-state index in [1.807, 2.05) is 0 Å². The molecule has 0 spiro atoms. The maximum atomic E-state index is 12.5. The van der Waals surface area contributed by atoms with Crippen molar-refractivity contribution in [1.82, 2.24) is 0 Å². The number of hydrogen-bond donors (Lipinski definition) is 3. The van der Waals surface area contributed by atoms with Gasteiger partial charge in [-0.1, -0.05) is 28.1 Å². The number of primary amides is 1. The average Bonchev–Trinajstić information content (AvgIpc) is 2.43. The van der Waals surface area contributed by atoms with Gasteiger partial charge in [-0.25, -0.2) is 4.39 Å². The van der Waals surface area contributed by atoms with E-state index < -0.39 is 11.7 Å². The van der Waals surface area contributed by atoms with E-state index in [2.05, 4.69) is 31.9 Å². The van der Waals surface area contributed by atoms with E-state index in [0.717, 1.165) is 10.7 Å². The number of rotatable bonds is 2. The lowest BCUT2D eigenvalue weighted by Gasteiger charge is -2.01. The standard InChI is InChI=1S/C7H5Br2NO.C7H6FNO/c8-5-1-4(3-10)7(11)6(9)2-5;8-6-4-2-1-3-5(6)7(9)10/h1-3,10-11H;1-4H,(H2,9,10). The molecule has 0 aliphatic rings. The van der Waals surface area contributed by atoms with Gasteiger partial charge < -0.3 is 16.2 Å². The van der Waals surface area contributed by atoms with Crippen LogP contribution in [0.15, 0.2) is 45.3 Å². The lowest BCUT2D eigenvalue weighted by atomic mass is 10.2. The van der Waals surface area contributed by atoms with Gasteiger partial charge in [0, 0.05) is 16.3 Å². The monoisotopic (exact) mass is 416 g/mol. The topological polar surface area (TPSA) is 87.2 Å². The molecule has 0 fully saturated rings. The summed E-state index contributed by atoms with van der Waals surface area (Å²) in [6.45, 7) is 0. The van der Waals surface area contributed by atoms with Crippen molar-refractivity contribution in [1.29, 1.82) is 5.41 Å². The minimum atomic E-state index is -0.738. The first-order valence-electron chi connectivity index (χ1n) is 5.59. The van der Waals surface area contributed by atoms with E-state index >= 15 is 0 Å². The number of carbonyl (C=O) groups excluding carboxylic acids is 1. The van der Waals surface area contributed by atoms with Crippen LogP contribution in [0.1, 0.15) is 15.9 Å². The number of benzene rings is 2. The van der Waals surface area contributed by atoms with Crippen LogP contribution in [0.4, 0.5) is 4.39 Å². The minimum absolute atomic E-state index is 0.0671. The Labute approximate surface area is 137 Å². The molecule has 0 aromatic heterocycles. The number of nitrogens with one attached hydrogen (secondary N) is 1. The summed E-state index contributed by atoms with van der Waals surface area (Å²) in [4.78, 5) is 10.4. The fraction of sp³-hybridized carbons (Fsp3) is 0. The molecule has 1 amide bonds. The van der Waals surface area contributed by atoms with Crippen molar-refractivity contribution in [2.75, 3.05) is 0 Å². The molecule has 0 radical (unpaired) electrons. The lowest BCUT2D eigenvalue weighted by Crippen LogP contribution is -2.12. The van der Waals surface area contributed by atoms with Crippen LogP contribution in [0.3, 0.4) is 0 Å². The summed E-state index contributed by atoms with van der Waals surface area (Å²) in [6, 6.07) is 9.00. The summed E-state index contributed by atoms with van der Waals surface area (Å²) in [6.07, 6.45) is 1.10. The normalized spacial score (nSPS) is 9.48. The first-order valence-corrected chi connectivity index (χ1v) is 7.18. The molecular formula is C14H11Br2FN2O2. The minimum Gasteiger partial charge on any atom is -0.506 e. The van der Waals surface area contributed by atoms with Crippen LogP contribution in [0.5, 0.6) is 5.75 Å². The number of phenols is 1. The fourth-order valence-corrected chi connectivity index (χ4v) is 2.62. The zero-order chi connectivity index (χ0) is 16.0. The third kappa shape index (κ3) is 4.95. The van der Waals surface area contributed by atoms with Crippen molar-refractivity contribution in [3.8, 4) is 5.75 Å². The first kappa shape index (κ1) is 17.3. The highest BCUT2D eigenvalue weighted by atomic mass is 79.9. The fourth-order valence-electron chi connectivity index (χ4n) is 1.36. The summed E-state index contributed by atoms with van der Waals surface area (Å²) in [5.41, 5.74) is 5.26. The van der Waals surface area contributed by atoms with Gasteiger partial charge in [0.05, 0.1) is 10.0 Å². The summed E-state index contributed by atoms with van der Waals surface area (Å²) in [7, 11) is 0. The Bertz CT molecular complexity index is 678. The molecule has 0 aliphatic carbocycles. The number of carbonyl (C=O) groups is 1. The van der Waals surface area contributed by atoms with Gasteiger partial charge in [0.2, 0.25) is 0 Å².